The maximum absolute atomic E-state index is 5.70. The van der Waals surface area contributed by atoms with Gasteiger partial charge in [0.05, 0.1) is 5.69 Å². The van der Waals surface area contributed by atoms with E-state index < -0.39 is 0 Å². The quantitative estimate of drug-likeness (QED) is 0.675. The average molecular weight is 319 g/mol. The van der Waals surface area contributed by atoms with Crippen molar-refractivity contribution in [1.82, 2.24) is 9.97 Å². The molecule has 0 spiro atoms. The Balaban J connectivity index is 1.90. The van der Waals surface area contributed by atoms with Gasteiger partial charge in [-0.05, 0) is 24.0 Å². The van der Waals surface area contributed by atoms with Crippen molar-refractivity contribution < 1.29 is 0 Å². The Bertz CT molecular complexity index is 758. The molecular weight excluding hydrogens is 294 g/mol. The summed E-state index contributed by atoms with van der Waals surface area (Å²) in [5.74, 6) is 1.03. The molecule has 0 fully saturated rings. The molecule has 24 heavy (non-hydrogen) atoms. The molecule has 0 unspecified atom stereocenters. The summed E-state index contributed by atoms with van der Waals surface area (Å²) < 4.78 is 0. The molecule has 2 aromatic carbocycles. The van der Waals surface area contributed by atoms with Crippen molar-refractivity contribution in [2.24, 2.45) is 5.73 Å². The third kappa shape index (κ3) is 3.92. The van der Waals surface area contributed by atoms with Gasteiger partial charge in [0, 0.05) is 24.2 Å². The Labute approximate surface area is 144 Å². The van der Waals surface area contributed by atoms with Gasteiger partial charge in [-0.3, -0.25) is 0 Å². The van der Waals surface area contributed by atoms with Crippen LogP contribution in [0.15, 0.2) is 54.6 Å². The standard InChI is InChI=1S/C21H25N3/c1-2-3-9-19-21(18-12-10-17(15-22)11-13-18)24-20(23-19)14-16-7-5-4-6-8-16/h4-8,10-13H,2-3,9,14-15,22H2,1H3,(H,23,24). The van der Waals surface area contributed by atoms with Crippen LogP contribution in [0.4, 0.5) is 0 Å². The summed E-state index contributed by atoms with van der Waals surface area (Å²) in [6.07, 6.45) is 4.21. The first kappa shape index (κ1) is 16.5. The molecule has 0 radical (unpaired) electrons. The number of nitrogens with zero attached hydrogens (tertiary/aromatic N) is 1. The number of aromatic amines is 1. The summed E-state index contributed by atoms with van der Waals surface area (Å²) in [6, 6.07) is 18.9. The first-order valence-electron chi connectivity index (χ1n) is 8.71. The minimum Gasteiger partial charge on any atom is -0.345 e. The van der Waals surface area contributed by atoms with Crippen molar-refractivity contribution in [3.8, 4) is 11.3 Å². The number of nitrogens with two attached hydrogens (primary N) is 1. The molecule has 0 aliphatic heterocycles. The van der Waals surface area contributed by atoms with Gasteiger partial charge in [-0.25, -0.2) is 4.98 Å². The Morgan fingerprint density at radius 1 is 0.958 bits per heavy atom. The number of benzene rings is 2. The fourth-order valence-corrected chi connectivity index (χ4v) is 2.91. The predicted molar refractivity (Wildman–Crippen MR) is 99.8 cm³/mol. The van der Waals surface area contributed by atoms with E-state index in [0.29, 0.717) is 6.54 Å². The number of aromatic nitrogens is 2. The zero-order chi connectivity index (χ0) is 16.8. The topological polar surface area (TPSA) is 54.7 Å². The number of H-pyrrole nitrogens is 1. The van der Waals surface area contributed by atoms with E-state index >= 15 is 0 Å². The first-order valence-corrected chi connectivity index (χ1v) is 8.71. The van der Waals surface area contributed by atoms with Crippen LogP contribution >= 0.6 is 0 Å². The highest BCUT2D eigenvalue weighted by Crippen LogP contribution is 2.24. The fourth-order valence-electron chi connectivity index (χ4n) is 2.91. The molecule has 3 heteroatoms. The summed E-state index contributed by atoms with van der Waals surface area (Å²) in [6.45, 7) is 2.79. The molecule has 0 bridgehead atoms. The summed E-state index contributed by atoms with van der Waals surface area (Å²) in [5, 5.41) is 0. The van der Waals surface area contributed by atoms with Crippen molar-refractivity contribution in [2.45, 2.75) is 39.2 Å². The van der Waals surface area contributed by atoms with Gasteiger partial charge in [0.15, 0.2) is 0 Å². The summed E-state index contributed by atoms with van der Waals surface area (Å²) in [7, 11) is 0. The van der Waals surface area contributed by atoms with Gasteiger partial charge in [0.2, 0.25) is 0 Å². The van der Waals surface area contributed by atoms with Crippen molar-refractivity contribution in [3.63, 3.8) is 0 Å². The Kier molecular flexibility index (Phi) is 5.44. The number of unbranched alkanes of at least 4 members (excludes halogenated alkanes) is 1. The molecule has 0 saturated heterocycles. The van der Waals surface area contributed by atoms with Crippen LogP contribution in [0.2, 0.25) is 0 Å². The van der Waals surface area contributed by atoms with Gasteiger partial charge in [-0.1, -0.05) is 67.9 Å². The van der Waals surface area contributed by atoms with E-state index in [2.05, 4.69) is 60.4 Å². The summed E-state index contributed by atoms with van der Waals surface area (Å²) >= 11 is 0. The van der Waals surface area contributed by atoms with Gasteiger partial charge in [0.25, 0.3) is 0 Å². The second kappa shape index (κ2) is 7.93. The summed E-state index contributed by atoms with van der Waals surface area (Å²) in [4.78, 5) is 8.45. The van der Waals surface area contributed by atoms with E-state index in [0.717, 1.165) is 35.5 Å². The highest BCUT2D eigenvalue weighted by Gasteiger charge is 2.12. The molecule has 1 aromatic heterocycles. The lowest BCUT2D eigenvalue weighted by atomic mass is 10.1. The van der Waals surface area contributed by atoms with E-state index in [-0.39, 0.29) is 0 Å². The van der Waals surface area contributed by atoms with Gasteiger partial charge in [-0.15, -0.1) is 0 Å². The Morgan fingerprint density at radius 2 is 1.71 bits per heavy atom. The van der Waals surface area contributed by atoms with Crippen LogP contribution in [0.25, 0.3) is 11.3 Å². The predicted octanol–water partition coefficient (Wildman–Crippen LogP) is 4.47. The number of imidazole rings is 1. The maximum Gasteiger partial charge on any atom is 0.111 e. The van der Waals surface area contributed by atoms with Gasteiger partial charge >= 0.3 is 0 Å². The molecule has 3 aromatic rings. The van der Waals surface area contributed by atoms with E-state index in [1.54, 1.807) is 0 Å². The largest absolute Gasteiger partial charge is 0.345 e. The number of nitrogens with one attached hydrogen (secondary N) is 1. The smallest absolute Gasteiger partial charge is 0.111 e. The lowest BCUT2D eigenvalue weighted by Gasteiger charge is -2.03. The second-order valence-corrected chi connectivity index (χ2v) is 6.18. The highest BCUT2D eigenvalue weighted by atomic mass is 14.9. The molecule has 3 rings (SSSR count). The van der Waals surface area contributed by atoms with Crippen LogP contribution in [-0.4, -0.2) is 9.97 Å². The third-order valence-electron chi connectivity index (χ3n) is 4.29. The Morgan fingerprint density at radius 3 is 2.38 bits per heavy atom. The Hall–Kier alpha value is -2.39. The lowest BCUT2D eigenvalue weighted by molar-refractivity contribution is 0.779. The second-order valence-electron chi connectivity index (χ2n) is 6.18. The zero-order valence-electron chi connectivity index (χ0n) is 14.3. The summed E-state index contributed by atoms with van der Waals surface area (Å²) in [5.41, 5.74) is 11.6. The van der Waals surface area contributed by atoms with Crippen LogP contribution in [0.1, 0.15) is 42.4 Å². The first-order chi connectivity index (χ1) is 11.8. The molecule has 0 atom stereocenters. The van der Waals surface area contributed by atoms with Crippen LogP contribution in [-0.2, 0) is 19.4 Å². The average Bonchev–Trinajstić information content (AvgIpc) is 3.03. The highest BCUT2D eigenvalue weighted by molar-refractivity contribution is 5.62. The monoisotopic (exact) mass is 319 g/mol. The zero-order valence-corrected chi connectivity index (χ0v) is 14.3. The molecule has 3 N–H and O–H groups in total. The molecular formula is C21H25N3. The normalized spacial score (nSPS) is 10.9. The molecule has 0 saturated carbocycles. The fraction of sp³-hybridized carbons (Fsp3) is 0.286. The van der Waals surface area contributed by atoms with Crippen LogP contribution in [0, 0.1) is 0 Å². The molecule has 1 heterocycles. The number of hydrogen-bond acceptors (Lipinski definition) is 2. The minimum atomic E-state index is 0.572. The minimum absolute atomic E-state index is 0.572. The number of rotatable bonds is 7. The molecule has 0 aliphatic carbocycles. The van der Waals surface area contributed by atoms with Crippen molar-refractivity contribution in [2.75, 3.05) is 0 Å². The number of aryl methyl sites for hydroxylation is 1. The molecule has 124 valence electrons. The van der Waals surface area contributed by atoms with E-state index in [1.165, 1.54) is 24.1 Å². The molecule has 0 aliphatic rings. The van der Waals surface area contributed by atoms with Crippen LogP contribution < -0.4 is 5.73 Å². The van der Waals surface area contributed by atoms with Crippen LogP contribution in [0.5, 0.6) is 0 Å². The van der Waals surface area contributed by atoms with Crippen molar-refractivity contribution in [1.29, 1.82) is 0 Å². The molecule has 3 nitrogen and oxygen atoms in total. The van der Waals surface area contributed by atoms with E-state index in [1.807, 2.05) is 6.07 Å². The molecule has 0 amide bonds. The van der Waals surface area contributed by atoms with Crippen LogP contribution in [0.3, 0.4) is 0 Å². The van der Waals surface area contributed by atoms with E-state index in [4.69, 9.17) is 10.7 Å². The van der Waals surface area contributed by atoms with Crippen molar-refractivity contribution in [3.05, 3.63) is 77.2 Å². The van der Waals surface area contributed by atoms with Gasteiger partial charge in [-0.2, -0.15) is 0 Å². The van der Waals surface area contributed by atoms with Gasteiger partial charge in [0.1, 0.15) is 5.82 Å². The SMILES string of the molecule is CCCCc1[nH]c(Cc2ccccc2)nc1-c1ccc(CN)cc1. The maximum atomic E-state index is 5.70. The van der Waals surface area contributed by atoms with E-state index in [9.17, 15) is 0 Å². The van der Waals surface area contributed by atoms with Gasteiger partial charge < -0.3 is 10.7 Å². The van der Waals surface area contributed by atoms with Crippen molar-refractivity contribution >= 4 is 0 Å². The number of hydrogen-bond donors (Lipinski definition) is 2. The third-order valence-corrected chi connectivity index (χ3v) is 4.29. The lowest BCUT2D eigenvalue weighted by Crippen LogP contribution is -1.95.